The molecular formula is C15H19N3OS. The fourth-order valence-electron chi connectivity index (χ4n) is 2.77. The summed E-state index contributed by atoms with van der Waals surface area (Å²) >= 11 is 1.64. The molecule has 0 aliphatic heterocycles. The van der Waals surface area contributed by atoms with Crippen LogP contribution in [0, 0.1) is 5.92 Å². The summed E-state index contributed by atoms with van der Waals surface area (Å²) in [7, 11) is 0. The molecule has 4 nitrogen and oxygen atoms in total. The van der Waals surface area contributed by atoms with Gasteiger partial charge in [0.2, 0.25) is 5.91 Å². The monoisotopic (exact) mass is 289 g/mol. The Hall–Kier alpha value is -1.46. The number of amides is 1. The fraction of sp³-hybridized carbons (Fsp3) is 0.467. The first-order valence-electron chi connectivity index (χ1n) is 7.10. The first kappa shape index (κ1) is 13.5. The van der Waals surface area contributed by atoms with Gasteiger partial charge in [-0.1, -0.05) is 18.6 Å². The van der Waals surface area contributed by atoms with Crippen molar-refractivity contribution in [3.63, 3.8) is 0 Å². The molecule has 1 amide bonds. The van der Waals surface area contributed by atoms with Crippen LogP contribution in [0.15, 0.2) is 24.3 Å². The van der Waals surface area contributed by atoms with Crippen LogP contribution >= 0.6 is 11.3 Å². The van der Waals surface area contributed by atoms with Gasteiger partial charge in [-0.2, -0.15) is 0 Å². The van der Waals surface area contributed by atoms with E-state index in [-0.39, 0.29) is 17.9 Å². The number of benzene rings is 1. The number of para-hydroxylation sites is 1. The normalized spacial score (nSPS) is 22.9. The minimum Gasteiger partial charge on any atom is -0.349 e. The van der Waals surface area contributed by atoms with E-state index >= 15 is 0 Å². The van der Waals surface area contributed by atoms with Gasteiger partial charge >= 0.3 is 0 Å². The summed E-state index contributed by atoms with van der Waals surface area (Å²) in [4.78, 5) is 16.7. The van der Waals surface area contributed by atoms with E-state index in [0.29, 0.717) is 6.54 Å². The Morgan fingerprint density at radius 2 is 2.25 bits per heavy atom. The van der Waals surface area contributed by atoms with Crippen LogP contribution in [-0.4, -0.2) is 16.9 Å². The molecule has 3 N–H and O–H groups in total. The number of nitrogens with one attached hydrogen (secondary N) is 1. The van der Waals surface area contributed by atoms with Crippen LogP contribution in [0.2, 0.25) is 0 Å². The lowest BCUT2D eigenvalue weighted by Gasteiger charge is -2.25. The van der Waals surface area contributed by atoms with Gasteiger partial charge in [0, 0.05) is 12.0 Å². The number of carbonyl (C=O) groups excluding carboxylic acids is 1. The second-order valence-electron chi connectivity index (χ2n) is 5.42. The Morgan fingerprint density at radius 3 is 3.05 bits per heavy atom. The molecule has 0 radical (unpaired) electrons. The van der Waals surface area contributed by atoms with Gasteiger partial charge in [0.05, 0.1) is 16.8 Å². The summed E-state index contributed by atoms with van der Waals surface area (Å²) in [6.07, 6.45) is 3.87. The maximum Gasteiger partial charge on any atom is 0.223 e. The molecule has 2 unspecified atom stereocenters. The standard InChI is InChI=1S/C15H19N3OS/c16-11-5-3-4-10(8-11)15(19)17-9-14-18-12-6-1-2-7-13(12)20-14/h1-2,6-7,10-11H,3-5,8-9,16H2,(H,17,19). The van der Waals surface area contributed by atoms with Gasteiger partial charge in [-0.05, 0) is 31.4 Å². The van der Waals surface area contributed by atoms with Gasteiger partial charge in [-0.3, -0.25) is 4.79 Å². The molecule has 3 rings (SSSR count). The summed E-state index contributed by atoms with van der Waals surface area (Å²) in [5, 5.41) is 3.96. The number of hydrogen-bond donors (Lipinski definition) is 2. The highest BCUT2D eigenvalue weighted by Crippen LogP contribution is 2.24. The summed E-state index contributed by atoms with van der Waals surface area (Å²) in [5.41, 5.74) is 6.93. The predicted molar refractivity (Wildman–Crippen MR) is 81.4 cm³/mol. The second kappa shape index (κ2) is 5.89. The van der Waals surface area contributed by atoms with E-state index in [9.17, 15) is 4.79 Å². The van der Waals surface area contributed by atoms with Crippen LogP contribution in [0.5, 0.6) is 0 Å². The summed E-state index contributed by atoms with van der Waals surface area (Å²) < 4.78 is 1.16. The molecule has 2 aromatic rings. The molecule has 0 bridgehead atoms. The number of nitrogens with two attached hydrogens (primary N) is 1. The van der Waals surface area contributed by atoms with Gasteiger partial charge in [0.15, 0.2) is 0 Å². The lowest BCUT2D eigenvalue weighted by molar-refractivity contribution is -0.126. The highest BCUT2D eigenvalue weighted by molar-refractivity contribution is 7.18. The van der Waals surface area contributed by atoms with Crippen LogP contribution in [0.3, 0.4) is 0 Å². The quantitative estimate of drug-likeness (QED) is 0.912. The van der Waals surface area contributed by atoms with Gasteiger partial charge in [0.1, 0.15) is 5.01 Å². The highest BCUT2D eigenvalue weighted by atomic mass is 32.1. The van der Waals surface area contributed by atoms with Crippen molar-refractivity contribution in [1.82, 2.24) is 10.3 Å². The molecular weight excluding hydrogens is 270 g/mol. The molecule has 1 aliphatic carbocycles. The number of aromatic nitrogens is 1. The van der Waals surface area contributed by atoms with Crippen molar-refractivity contribution in [2.24, 2.45) is 11.7 Å². The van der Waals surface area contributed by atoms with E-state index < -0.39 is 0 Å². The molecule has 1 aromatic heterocycles. The van der Waals surface area contributed by atoms with E-state index in [0.717, 1.165) is 40.9 Å². The molecule has 0 saturated heterocycles. The lowest BCUT2D eigenvalue weighted by Crippen LogP contribution is -2.37. The fourth-order valence-corrected chi connectivity index (χ4v) is 3.68. The van der Waals surface area contributed by atoms with E-state index in [1.165, 1.54) is 0 Å². The molecule has 106 valence electrons. The average molecular weight is 289 g/mol. The third-order valence-electron chi connectivity index (χ3n) is 3.84. The van der Waals surface area contributed by atoms with Crippen molar-refractivity contribution >= 4 is 27.5 Å². The zero-order valence-corrected chi connectivity index (χ0v) is 12.2. The van der Waals surface area contributed by atoms with Crippen molar-refractivity contribution in [2.75, 3.05) is 0 Å². The van der Waals surface area contributed by atoms with Crippen molar-refractivity contribution in [2.45, 2.75) is 38.3 Å². The highest BCUT2D eigenvalue weighted by Gasteiger charge is 2.25. The van der Waals surface area contributed by atoms with Crippen LogP contribution in [0.25, 0.3) is 10.2 Å². The van der Waals surface area contributed by atoms with Crippen LogP contribution in [0.1, 0.15) is 30.7 Å². The van der Waals surface area contributed by atoms with Gasteiger partial charge < -0.3 is 11.1 Å². The van der Waals surface area contributed by atoms with Gasteiger partial charge in [0.25, 0.3) is 0 Å². The summed E-state index contributed by atoms with van der Waals surface area (Å²) in [6.45, 7) is 0.518. The molecule has 1 aliphatic rings. The number of fused-ring (bicyclic) bond motifs is 1. The largest absolute Gasteiger partial charge is 0.349 e. The first-order valence-corrected chi connectivity index (χ1v) is 7.92. The zero-order valence-electron chi connectivity index (χ0n) is 11.3. The zero-order chi connectivity index (χ0) is 13.9. The Balaban J connectivity index is 1.59. The van der Waals surface area contributed by atoms with Crippen molar-refractivity contribution in [3.8, 4) is 0 Å². The van der Waals surface area contributed by atoms with E-state index in [4.69, 9.17) is 5.73 Å². The van der Waals surface area contributed by atoms with Crippen molar-refractivity contribution in [3.05, 3.63) is 29.3 Å². The summed E-state index contributed by atoms with van der Waals surface area (Å²) in [6, 6.07) is 8.22. The molecule has 1 heterocycles. The Bertz CT molecular complexity index is 577. The third-order valence-corrected chi connectivity index (χ3v) is 4.87. The van der Waals surface area contributed by atoms with Gasteiger partial charge in [-0.15, -0.1) is 11.3 Å². The number of nitrogens with zero attached hydrogens (tertiary/aromatic N) is 1. The number of rotatable bonds is 3. The second-order valence-corrected chi connectivity index (χ2v) is 6.53. The number of hydrogen-bond acceptors (Lipinski definition) is 4. The van der Waals surface area contributed by atoms with Crippen LogP contribution < -0.4 is 11.1 Å². The van der Waals surface area contributed by atoms with Crippen molar-refractivity contribution in [1.29, 1.82) is 0 Å². The van der Waals surface area contributed by atoms with Crippen LogP contribution in [0.4, 0.5) is 0 Å². The van der Waals surface area contributed by atoms with E-state index in [1.54, 1.807) is 11.3 Å². The predicted octanol–water partition coefficient (Wildman–Crippen LogP) is 2.43. The third kappa shape index (κ3) is 2.99. The summed E-state index contributed by atoms with van der Waals surface area (Å²) in [5.74, 6) is 0.201. The smallest absolute Gasteiger partial charge is 0.223 e. The van der Waals surface area contributed by atoms with E-state index in [1.807, 2.05) is 18.2 Å². The average Bonchev–Trinajstić information content (AvgIpc) is 2.87. The molecule has 1 saturated carbocycles. The minimum absolute atomic E-state index is 0.0770. The Labute approximate surface area is 122 Å². The maximum absolute atomic E-state index is 12.1. The molecule has 2 atom stereocenters. The first-order chi connectivity index (χ1) is 9.72. The lowest BCUT2D eigenvalue weighted by atomic mass is 9.85. The topological polar surface area (TPSA) is 68.0 Å². The SMILES string of the molecule is NC1CCCC(C(=O)NCc2nc3ccccc3s2)C1. The Morgan fingerprint density at radius 1 is 1.40 bits per heavy atom. The van der Waals surface area contributed by atoms with Crippen LogP contribution in [-0.2, 0) is 11.3 Å². The Kier molecular flexibility index (Phi) is 3.98. The maximum atomic E-state index is 12.1. The van der Waals surface area contributed by atoms with Gasteiger partial charge in [-0.25, -0.2) is 4.98 Å². The molecule has 1 aromatic carbocycles. The van der Waals surface area contributed by atoms with E-state index in [2.05, 4.69) is 16.4 Å². The number of thiazole rings is 1. The number of carbonyl (C=O) groups is 1. The molecule has 20 heavy (non-hydrogen) atoms. The molecule has 0 spiro atoms. The van der Waals surface area contributed by atoms with Crippen molar-refractivity contribution < 1.29 is 4.79 Å². The molecule has 1 fully saturated rings. The minimum atomic E-state index is 0.0770. The molecule has 5 heteroatoms.